The van der Waals surface area contributed by atoms with Gasteiger partial charge in [-0.05, 0) is 36.1 Å². The summed E-state index contributed by atoms with van der Waals surface area (Å²) in [6.45, 7) is 4.20. The highest BCUT2D eigenvalue weighted by atomic mass is 16.5. The Morgan fingerprint density at radius 1 is 1.33 bits per heavy atom. The van der Waals surface area contributed by atoms with Crippen LogP contribution in [-0.4, -0.2) is 59.3 Å². The minimum absolute atomic E-state index is 0.000712. The van der Waals surface area contributed by atoms with Gasteiger partial charge in [-0.1, -0.05) is 6.07 Å². The Labute approximate surface area is 140 Å². The number of carboxylic acid groups (broad SMARTS) is 1. The van der Waals surface area contributed by atoms with Gasteiger partial charge in [0.25, 0.3) is 0 Å². The summed E-state index contributed by atoms with van der Waals surface area (Å²) in [6.07, 6.45) is 2.62. The fourth-order valence-corrected chi connectivity index (χ4v) is 3.34. The molecule has 2 aromatic rings. The first-order valence-corrected chi connectivity index (χ1v) is 8.16. The molecule has 24 heavy (non-hydrogen) atoms. The van der Waals surface area contributed by atoms with E-state index in [1.165, 1.54) is 5.56 Å². The zero-order valence-corrected chi connectivity index (χ0v) is 13.8. The van der Waals surface area contributed by atoms with Crippen molar-refractivity contribution in [1.29, 1.82) is 0 Å². The van der Waals surface area contributed by atoms with Crippen molar-refractivity contribution >= 4 is 22.8 Å². The Hall–Kier alpha value is -2.18. The second-order valence-electron chi connectivity index (χ2n) is 6.37. The Balaban J connectivity index is 1.73. The monoisotopic (exact) mass is 330 g/mol. The largest absolute Gasteiger partial charge is 0.480 e. The third-order valence-corrected chi connectivity index (χ3v) is 4.40. The molecule has 0 unspecified atom stereocenters. The first-order chi connectivity index (χ1) is 11.5. The lowest BCUT2D eigenvalue weighted by Crippen LogP contribution is -2.35. The van der Waals surface area contributed by atoms with Crippen LogP contribution in [0.25, 0.3) is 10.9 Å². The van der Waals surface area contributed by atoms with Gasteiger partial charge >= 0.3 is 5.97 Å². The lowest BCUT2D eigenvalue weighted by atomic mass is 9.98. The number of aliphatic carboxylic acids is 1. The van der Waals surface area contributed by atoms with E-state index in [0.717, 1.165) is 23.9 Å². The van der Waals surface area contributed by atoms with Crippen LogP contribution in [0.15, 0.2) is 30.5 Å². The number of rotatable bonds is 4. The van der Waals surface area contributed by atoms with Crippen LogP contribution in [-0.2, 0) is 16.0 Å². The molecule has 1 fully saturated rings. The smallest absolute Gasteiger partial charge is 0.317 e. The number of nitrogens with zero attached hydrogens (tertiary/aromatic N) is 2. The zero-order valence-electron chi connectivity index (χ0n) is 13.8. The number of fused-ring (bicyclic) bond motifs is 1. The molecular weight excluding hydrogens is 308 g/mol. The fourth-order valence-electron chi connectivity index (χ4n) is 3.34. The number of ether oxygens (including phenoxy) is 1. The van der Waals surface area contributed by atoms with Crippen LogP contribution in [0.2, 0.25) is 0 Å². The summed E-state index contributed by atoms with van der Waals surface area (Å²) in [6, 6.07) is 8.05. The van der Waals surface area contributed by atoms with Gasteiger partial charge in [0.05, 0.1) is 25.3 Å². The maximum atomic E-state index is 11.6. The first kappa shape index (κ1) is 16.7. The molecule has 0 aliphatic carbocycles. The molecule has 1 saturated heterocycles. The highest BCUT2D eigenvalue weighted by Crippen LogP contribution is 2.21. The van der Waals surface area contributed by atoms with Crippen LogP contribution >= 0.6 is 0 Å². The van der Waals surface area contributed by atoms with Gasteiger partial charge in [-0.25, -0.2) is 0 Å². The van der Waals surface area contributed by atoms with Crippen molar-refractivity contribution in [1.82, 2.24) is 9.47 Å². The Bertz CT molecular complexity index is 753. The molecule has 1 N–H and O–H groups in total. The zero-order chi connectivity index (χ0) is 17.1. The number of carbonyl (C=O) groups is 2. The fraction of sp³-hybridized carbons (Fsp3) is 0.444. The number of carbonyl (C=O) groups excluding carboxylic acids is 1. The molecule has 128 valence electrons. The summed E-state index contributed by atoms with van der Waals surface area (Å²) in [5.41, 5.74) is 2.09. The van der Waals surface area contributed by atoms with Crippen LogP contribution in [0.4, 0.5) is 0 Å². The molecule has 0 spiro atoms. The molecule has 6 heteroatoms. The molecule has 3 rings (SSSR count). The lowest BCUT2D eigenvalue weighted by Gasteiger charge is -2.21. The maximum Gasteiger partial charge on any atom is 0.317 e. The van der Waals surface area contributed by atoms with Gasteiger partial charge in [-0.3, -0.25) is 19.1 Å². The third kappa shape index (κ3) is 3.83. The molecule has 0 amide bonds. The molecule has 1 atom stereocenters. The molecular formula is C18H22N2O4. The molecule has 0 bridgehead atoms. The van der Waals surface area contributed by atoms with Gasteiger partial charge in [-0.15, -0.1) is 0 Å². The van der Waals surface area contributed by atoms with E-state index in [1.54, 1.807) is 17.7 Å². The molecule has 1 aromatic carbocycles. The molecule has 1 aliphatic heterocycles. The van der Waals surface area contributed by atoms with Crippen LogP contribution in [0.5, 0.6) is 0 Å². The van der Waals surface area contributed by atoms with Crippen molar-refractivity contribution in [2.45, 2.75) is 13.3 Å². The van der Waals surface area contributed by atoms with Crippen molar-refractivity contribution in [2.24, 2.45) is 5.92 Å². The molecule has 0 radical (unpaired) electrons. The number of aromatic nitrogens is 1. The number of carboxylic acids is 1. The van der Waals surface area contributed by atoms with E-state index in [0.29, 0.717) is 19.8 Å². The Morgan fingerprint density at radius 3 is 2.92 bits per heavy atom. The molecule has 2 heterocycles. The quantitative estimate of drug-likeness (QED) is 0.927. The van der Waals surface area contributed by atoms with Crippen molar-refractivity contribution in [2.75, 3.05) is 32.8 Å². The number of hydrogen-bond acceptors (Lipinski definition) is 4. The summed E-state index contributed by atoms with van der Waals surface area (Å²) < 4.78 is 7.27. The van der Waals surface area contributed by atoms with Gasteiger partial charge in [0.2, 0.25) is 5.91 Å². The van der Waals surface area contributed by atoms with Crippen LogP contribution in [0.3, 0.4) is 0 Å². The van der Waals surface area contributed by atoms with Gasteiger partial charge in [0.1, 0.15) is 0 Å². The summed E-state index contributed by atoms with van der Waals surface area (Å²) in [4.78, 5) is 24.4. The van der Waals surface area contributed by atoms with Gasteiger partial charge < -0.3 is 9.84 Å². The van der Waals surface area contributed by atoms with Gasteiger partial charge in [0, 0.05) is 31.6 Å². The first-order valence-electron chi connectivity index (χ1n) is 8.16. The summed E-state index contributed by atoms with van der Waals surface area (Å²) in [7, 11) is 0. The standard InChI is InChI=1S/C18H22N2O4/c1-13(21)20-5-4-16-9-14(2-3-17(16)20)8-15-10-19(11-18(22)23)6-7-24-12-15/h2-5,9,15H,6-8,10-12H2,1H3,(H,22,23)/t15-/m1/s1. The number of benzene rings is 1. The average molecular weight is 330 g/mol. The van der Waals surface area contributed by atoms with E-state index in [4.69, 9.17) is 9.84 Å². The van der Waals surface area contributed by atoms with Crippen molar-refractivity contribution < 1.29 is 19.4 Å². The highest BCUT2D eigenvalue weighted by Gasteiger charge is 2.20. The predicted octanol–water partition coefficient (Wildman–Crippen LogP) is 1.88. The molecule has 1 aliphatic rings. The van der Waals surface area contributed by atoms with E-state index in [9.17, 15) is 9.59 Å². The average Bonchev–Trinajstić information content (AvgIpc) is 2.82. The van der Waals surface area contributed by atoms with Crippen LogP contribution in [0.1, 0.15) is 17.3 Å². The van der Waals surface area contributed by atoms with E-state index in [2.05, 4.69) is 6.07 Å². The maximum absolute atomic E-state index is 11.6. The van der Waals surface area contributed by atoms with E-state index in [-0.39, 0.29) is 18.4 Å². The second-order valence-corrected chi connectivity index (χ2v) is 6.37. The van der Waals surface area contributed by atoms with Crippen molar-refractivity contribution in [3.05, 3.63) is 36.0 Å². The van der Waals surface area contributed by atoms with E-state index in [1.807, 2.05) is 23.1 Å². The SMILES string of the molecule is CC(=O)n1ccc2cc(C[C@H]3COCCN(CC(=O)O)C3)ccc21. The van der Waals surface area contributed by atoms with Crippen LogP contribution < -0.4 is 0 Å². The number of hydrogen-bond donors (Lipinski definition) is 1. The van der Waals surface area contributed by atoms with Crippen molar-refractivity contribution in [3.8, 4) is 0 Å². The Morgan fingerprint density at radius 2 is 2.17 bits per heavy atom. The summed E-state index contributed by atoms with van der Waals surface area (Å²) >= 11 is 0. The van der Waals surface area contributed by atoms with E-state index >= 15 is 0 Å². The molecule has 0 saturated carbocycles. The van der Waals surface area contributed by atoms with Gasteiger partial charge in [-0.2, -0.15) is 0 Å². The lowest BCUT2D eigenvalue weighted by molar-refractivity contribution is -0.138. The highest BCUT2D eigenvalue weighted by molar-refractivity contribution is 5.91. The van der Waals surface area contributed by atoms with Crippen LogP contribution in [0, 0.1) is 5.92 Å². The minimum Gasteiger partial charge on any atom is -0.480 e. The van der Waals surface area contributed by atoms with Crippen molar-refractivity contribution in [3.63, 3.8) is 0 Å². The van der Waals surface area contributed by atoms with Gasteiger partial charge in [0.15, 0.2) is 0 Å². The minimum atomic E-state index is -0.803. The Kier molecular flexibility index (Phi) is 4.97. The summed E-state index contributed by atoms with van der Waals surface area (Å²) in [5, 5.41) is 10.0. The third-order valence-electron chi connectivity index (χ3n) is 4.40. The summed E-state index contributed by atoms with van der Waals surface area (Å²) in [5.74, 6) is -0.541. The topological polar surface area (TPSA) is 71.8 Å². The normalized spacial score (nSPS) is 19.3. The predicted molar refractivity (Wildman–Crippen MR) is 90.3 cm³/mol. The molecule has 6 nitrogen and oxygen atoms in total. The molecule has 1 aromatic heterocycles. The van der Waals surface area contributed by atoms with E-state index < -0.39 is 5.97 Å². The second kappa shape index (κ2) is 7.15.